The molecule has 0 spiro atoms. The van der Waals surface area contributed by atoms with E-state index in [0.717, 1.165) is 9.13 Å². The number of amides is 1. The van der Waals surface area contributed by atoms with E-state index < -0.39 is 5.97 Å². The summed E-state index contributed by atoms with van der Waals surface area (Å²) < 4.78 is 12.0. The summed E-state index contributed by atoms with van der Waals surface area (Å²) in [7, 11) is 1.49. The minimum Gasteiger partial charge on any atom is -0.493 e. The summed E-state index contributed by atoms with van der Waals surface area (Å²) in [5.74, 6) is 0.00609. The molecule has 1 aliphatic rings. The van der Waals surface area contributed by atoms with Gasteiger partial charge in [-0.1, -0.05) is 42.2 Å². The highest BCUT2D eigenvalue weighted by Gasteiger charge is 2.22. The molecule has 1 saturated heterocycles. The number of hydrogen-bond acceptors (Lipinski definition) is 6. The van der Waals surface area contributed by atoms with Gasteiger partial charge in [0.1, 0.15) is 4.32 Å². The number of rotatable bonds is 4. The molecule has 5 nitrogen and oxygen atoms in total. The third-order valence-electron chi connectivity index (χ3n) is 3.42. The van der Waals surface area contributed by atoms with E-state index in [1.165, 1.54) is 18.9 Å². The molecule has 3 rings (SSSR count). The molecule has 132 valence electrons. The normalized spacial score (nSPS) is 15.1. The van der Waals surface area contributed by atoms with Gasteiger partial charge in [-0.15, -0.1) is 0 Å². The maximum Gasteiger partial charge on any atom is 0.344 e. The number of halogens is 1. The van der Waals surface area contributed by atoms with Gasteiger partial charge in [-0.3, -0.25) is 4.79 Å². The third-order valence-corrected chi connectivity index (χ3v) is 5.53. The molecule has 0 radical (unpaired) electrons. The summed E-state index contributed by atoms with van der Waals surface area (Å²) >= 11 is 8.25. The molecule has 0 aliphatic carbocycles. The molecule has 1 amide bonds. The fraction of sp³-hybridized carbons (Fsp3) is 0.0556. The largest absolute Gasteiger partial charge is 0.493 e. The molecular formula is C18H12INO4S2. The Bertz CT molecular complexity index is 943. The van der Waals surface area contributed by atoms with Gasteiger partial charge < -0.3 is 14.8 Å². The van der Waals surface area contributed by atoms with Crippen LogP contribution in [-0.4, -0.2) is 23.3 Å². The molecule has 1 N–H and O–H groups in total. The molecule has 0 saturated carbocycles. The first-order valence-electron chi connectivity index (χ1n) is 7.37. The maximum absolute atomic E-state index is 12.4. The van der Waals surface area contributed by atoms with Crippen molar-refractivity contribution in [1.82, 2.24) is 5.32 Å². The average molecular weight is 497 g/mol. The Balaban J connectivity index is 1.85. The smallest absolute Gasteiger partial charge is 0.344 e. The molecule has 2 aromatic carbocycles. The zero-order chi connectivity index (χ0) is 18.7. The van der Waals surface area contributed by atoms with Gasteiger partial charge in [0.25, 0.3) is 5.91 Å². The number of benzene rings is 2. The number of carbonyl (C=O) groups is 2. The number of nitrogens with one attached hydrogen (secondary N) is 1. The van der Waals surface area contributed by atoms with E-state index in [1.807, 2.05) is 12.1 Å². The fourth-order valence-corrected chi connectivity index (χ4v) is 3.86. The van der Waals surface area contributed by atoms with E-state index in [1.54, 1.807) is 36.4 Å². The first-order valence-corrected chi connectivity index (χ1v) is 9.68. The van der Waals surface area contributed by atoms with Crippen molar-refractivity contribution in [3.05, 3.63) is 62.1 Å². The Kier molecular flexibility index (Phi) is 5.94. The van der Waals surface area contributed by atoms with Gasteiger partial charge in [-0.2, -0.15) is 0 Å². The van der Waals surface area contributed by atoms with Crippen molar-refractivity contribution in [3.8, 4) is 11.5 Å². The van der Waals surface area contributed by atoms with Crippen LogP contribution in [0.2, 0.25) is 0 Å². The second-order valence-corrected chi connectivity index (χ2v) is 8.01. The molecule has 1 fully saturated rings. The van der Waals surface area contributed by atoms with Gasteiger partial charge in [0, 0.05) is 3.57 Å². The lowest BCUT2D eigenvalue weighted by Gasteiger charge is -2.11. The van der Waals surface area contributed by atoms with Crippen LogP contribution in [0.3, 0.4) is 0 Å². The lowest BCUT2D eigenvalue weighted by atomic mass is 10.2. The Morgan fingerprint density at radius 1 is 1.23 bits per heavy atom. The molecule has 1 heterocycles. The maximum atomic E-state index is 12.4. The van der Waals surface area contributed by atoms with Crippen molar-refractivity contribution in [2.24, 2.45) is 0 Å². The predicted octanol–water partition coefficient (Wildman–Crippen LogP) is 4.01. The van der Waals surface area contributed by atoms with Gasteiger partial charge in [-0.05, 0) is 58.5 Å². The van der Waals surface area contributed by atoms with Crippen molar-refractivity contribution in [1.29, 1.82) is 0 Å². The van der Waals surface area contributed by atoms with Crippen molar-refractivity contribution >= 4 is 68.8 Å². The van der Waals surface area contributed by atoms with Crippen molar-refractivity contribution in [2.75, 3.05) is 7.11 Å². The van der Waals surface area contributed by atoms with Crippen molar-refractivity contribution < 1.29 is 19.1 Å². The molecular weight excluding hydrogens is 485 g/mol. The topological polar surface area (TPSA) is 64.6 Å². The van der Waals surface area contributed by atoms with Gasteiger partial charge in [-0.25, -0.2) is 4.79 Å². The van der Waals surface area contributed by atoms with E-state index in [4.69, 9.17) is 21.7 Å². The van der Waals surface area contributed by atoms with E-state index in [2.05, 4.69) is 27.9 Å². The molecule has 0 unspecified atom stereocenters. The number of ether oxygens (including phenoxy) is 2. The van der Waals surface area contributed by atoms with Gasteiger partial charge in [0.2, 0.25) is 0 Å². The van der Waals surface area contributed by atoms with Crippen LogP contribution < -0.4 is 14.8 Å². The van der Waals surface area contributed by atoms with Gasteiger partial charge >= 0.3 is 5.97 Å². The van der Waals surface area contributed by atoms with Crippen LogP contribution in [0.25, 0.3) is 6.08 Å². The van der Waals surface area contributed by atoms with Crippen molar-refractivity contribution in [2.45, 2.75) is 0 Å². The third kappa shape index (κ3) is 4.25. The van der Waals surface area contributed by atoms with E-state index in [-0.39, 0.29) is 5.91 Å². The number of thioether (sulfide) groups is 1. The molecule has 1 aliphatic heterocycles. The number of methoxy groups -OCH3 is 1. The first kappa shape index (κ1) is 18.9. The molecule has 8 heteroatoms. The van der Waals surface area contributed by atoms with Crippen LogP contribution in [0.4, 0.5) is 0 Å². The van der Waals surface area contributed by atoms with Crippen molar-refractivity contribution in [3.63, 3.8) is 0 Å². The Morgan fingerprint density at radius 3 is 2.65 bits per heavy atom. The summed E-state index contributed by atoms with van der Waals surface area (Å²) in [6.45, 7) is 0. The Hall–Kier alpha value is -1.91. The fourth-order valence-electron chi connectivity index (χ4n) is 2.21. The van der Waals surface area contributed by atoms with E-state index in [9.17, 15) is 9.59 Å². The highest BCUT2D eigenvalue weighted by Crippen LogP contribution is 2.32. The molecule has 0 atom stereocenters. The number of esters is 1. The van der Waals surface area contributed by atoms with Crippen LogP contribution in [0.1, 0.15) is 15.9 Å². The minimum absolute atomic E-state index is 0.229. The second-order valence-electron chi connectivity index (χ2n) is 5.13. The Labute approximate surface area is 173 Å². The van der Waals surface area contributed by atoms with Crippen LogP contribution in [0, 0.1) is 3.57 Å². The van der Waals surface area contributed by atoms with Gasteiger partial charge in [0.05, 0.1) is 17.6 Å². The predicted molar refractivity (Wildman–Crippen MR) is 113 cm³/mol. The highest BCUT2D eigenvalue weighted by molar-refractivity contribution is 14.1. The first-order chi connectivity index (χ1) is 12.5. The summed E-state index contributed by atoms with van der Waals surface area (Å²) in [6.07, 6.45) is 1.70. The number of thiocarbonyl (C=S) groups is 1. The quantitative estimate of drug-likeness (QED) is 0.227. The van der Waals surface area contributed by atoms with Crippen LogP contribution in [-0.2, 0) is 4.79 Å². The molecule has 0 aromatic heterocycles. The Morgan fingerprint density at radius 2 is 2.00 bits per heavy atom. The lowest BCUT2D eigenvalue weighted by Crippen LogP contribution is -2.17. The summed E-state index contributed by atoms with van der Waals surface area (Å²) in [6, 6.07) is 12.2. The van der Waals surface area contributed by atoms with Crippen LogP contribution in [0.5, 0.6) is 11.5 Å². The van der Waals surface area contributed by atoms with E-state index >= 15 is 0 Å². The number of hydrogen-bond donors (Lipinski definition) is 1. The molecule has 2 aromatic rings. The summed E-state index contributed by atoms with van der Waals surface area (Å²) in [5, 5.41) is 2.56. The average Bonchev–Trinajstić information content (AvgIpc) is 2.93. The van der Waals surface area contributed by atoms with E-state index in [0.29, 0.717) is 26.3 Å². The standard InChI is InChI=1S/C18H12INO4S2/c1-23-14-8-10(9-15-16(21)20-18(25)26-15)6-7-13(14)24-17(22)11-4-2-3-5-12(11)19/h2-9H,1H3,(H,20,21,25)/b15-9-. The summed E-state index contributed by atoms with van der Waals surface area (Å²) in [4.78, 5) is 24.6. The number of carbonyl (C=O) groups excluding carboxylic acids is 2. The zero-order valence-electron chi connectivity index (χ0n) is 13.4. The van der Waals surface area contributed by atoms with Crippen LogP contribution >= 0.6 is 46.6 Å². The highest BCUT2D eigenvalue weighted by atomic mass is 127. The summed E-state index contributed by atoms with van der Waals surface area (Å²) in [5.41, 5.74) is 1.21. The molecule has 0 bridgehead atoms. The SMILES string of the molecule is COc1cc(/C=C2\SC(=S)NC2=O)ccc1OC(=O)c1ccccc1I. The van der Waals surface area contributed by atoms with Crippen LogP contribution in [0.15, 0.2) is 47.4 Å². The van der Waals surface area contributed by atoms with Gasteiger partial charge in [0.15, 0.2) is 11.5 Å². The lowest BCUT2D eigenvalue weighted by molar-refractivity contribution is -0.115. The molecule has 26 heavy (non-hydrogen) atoms. The second kappa shape index (κ2) is 8.19. The monoisotopic (exact) mass is 497 g/mol. The zero-order valence-corrected chi connectivity index (χ0v) is 17.2. The minimum atomic E-state index is -0.463.